The molecule has 0 aromatic carbocycles. The summed E-state index contributed by atoms with van der Waals surface area (Å²) in [5.41, 5.74) is 0.0810. The van der Waals surface area contributed by atoms with Crippen LogP contribution in [0.1, 0.15) is 54.4 Å². The zero-order chi connectivity index (χ0) is 17.1. The van der Waals surface area contributed by atoms with Gasteiger partial charge in [0.15, 0.2) is 0 Å². The summed E-state index contributed by atoms with van der Waals surface area (Å²) in [5.74, 6) is 0. The summed E-state index contributed by atoms with van der Waals surface area (Å²) >= 11 is 10.2. The van der Waals surface area contributed by atoms with E-state index in [1.807, 2.05) is 41.5 Å². The van der Waals surface area contributed by atoms with Crippen LogP contribution in [0.5, 0.6) is 0 Å². The van der Waals surface area contributed by atoms with E-state index in [2.05, 4.69) is 0 Å². The van der Waals surface area contributed by atoms with E-state index in [9.17, 15) is 9.59 Å². The van der Waals surface area contributed by atoms with E-state index in [4.69, 9.17) is 38.2 Å². The molecule has 9 heteroatoms. The Bertz CT molecular complexity index is 293. The van der Waals surface area contributed by atoms with Crippen molar-refractivity contribution in [2.45, 2.75) is 54.4 Å². The average molecular weight is 407 g/mol. The summed E-state index contributed by atoms with van der Waals surface area (Å²) in [7, 11) is 0. The number of halogens is 2. The molecule has 0 saturated heterocycles. The summed E-state index contributed by atoms with van der Waals surface area (Å²) in [6, 6.07) is 0. The van der Waals surface area contributed by atoms with Gasteiger partial charge in [0.1, 0.15) is 0 Å². The molecule has 0 fully saturated rings. The van der Waals surface area contributed by atoms with Crippen LogP contribution in [0.2, 0.25) is 0 Å². The first-order valence-corrected chi connectivity index (χ1v) is 6.57. The molecule has 0 atom stereocenters. The SMILES string of the molecule is CC(C)(C)CC(=O)Cl.CC(C)(C)CC(=O)Cl.O=C([O-])[O-].[K+].[K+]. The Morgan fingerprint density at radius 1 is 0.727 bits per heavy atom. The van der Waals surface area contributed by atoms with Gasteiger partial charge in [-0.15, -0.1) is 0 Å². The Balaban J connectivity index is -0.0000000661. The minimum absolute atomic E-state index is 0. The maximum absolute atomic E-state index is 10.2. The van der Waals surface area contributed by atoms with E-state index in [0.29, 0.717) is 12.8 Å². The quantitative estimate of drug-likeness (QED) is 0.343. The second-order valence-corrected chi connectivity index (χ2v) is 7.28. The molecule has 0 spiro atoms. The Hall–Kier alpha value is 2.46. The van der Waals surface area contributed by atoms with Gasteiger partial charge in [0.25, 0.3) is 0 Å². The first-order valence-electron chi connectivity index (χ1n) is 5.81. The first-order chi connectivity index (χ1) is 8.57. The van der Waals surface area contributed by atoms with Gasteiger partial charge in [-0.3, -0.25) is 9.59 Å². The molecule has 0 saturated carbocycles. The molecule has 5 nitrogen and oxygen atoms in total. The van der Waals surface area contributed by atoms with Crippen molar-refractivity contribution in [3.63, 3.8) is 0 Å². The van der Waals surface area contributed by atoms with E-state index < -0.39 is 6.16 Å². The molecule has 120 valence electrons. The first kappa shape index (κ1) is 35.6. The van der Waals surface area contributed by atoms with Crippen molar-refractivity contribution >= 4 is 39.8 Å². The molecule has 0 aromatic rings. The van der Waals surface area contributed by atoms with Gasteiger partial charge in [-0.05, 0) is 40.2 Å². The zero-order valence-corrected chi connectivity index (χ0v) is 22.5. The zero-order valence-electron chi connectivity index (χ0n) is 14.7. The summed E-state index contributed by atoms with van der Waals surface area (Å²) in [4.78, 5) is 28.8. The number of hydrogen-bond donors (Lipinski definition) is 0. The fourth-order valence-corrected chi connectivity index (χ4v) is 1.64. The molecule has 0 rings (SSSR count). The molecule has 0 heterocycles. The van der Waals surface area contributed by atoms with Crippen LogP contribution in [0.25, 0.3) is 0 Å². The Morgan fingerprint density at radius 3 is 0.864 bits per heavy atom. The maximum Gasteiger partial charge on any atom is 1.00 e. The molecule has 0 aliphatic rings. The van der Waals surface area contributed by atoms with Crippen molar-refractivity contribution in [2.24, 2.45) is 10.8 Å². The van der Waals surface area contributed by atoms with Gasteiger partial charge >= 0.3 is 103 Å². The number of hydrogen-bond acceptors (Lipinski definition) is 5. The second kappa shape index (κ2) is 18.3. The third-order valence-corrected chi connectivity index (χ3v) is 1.61. The molecule has 0 unspecified atom stereocenters. The van der Waals surface area contributed by atoms with E-state index in [1.54, 1.807) is 0 Å². The van der Waals surface area contributed by atoms with Crippen LogP contribution in [-0.2, 0) is 9.59 Å². The summed E-state index contributed by atoms with van der Waals surface area (Å²) < 4.78 is 0. The van der Waals surface area contributed by atoms with Crippen molar-refractivity contribution < 1.29 is 127 Å². The molecule has 0 radical (unpaired) electrons. The van der Waals surface area contributed by atoms with E-state index in [1.165, 1.54) is 0 Å². The van der Waals surface area contributed by atoms with Gasteiger partial charge in [0.05, 0.1) is 0 Å². The van der Waals surface area contributed by atoms with Gasteiger partial charge in [-0.2, -0.15) is 0 Å². The number of carboxylic acid groups (broad SMARTS) is 2. The molecule has 22 heavy (non-hydrogen) atoms. The molecule has 0 aliphatic heterocycles. The summed E-state index contributed by atoms with van der Waals surface area (Å²) in [5, 5.41) is 16.2. The van der Waals surface area contributed by atoms with Crippen molar-refractivity contribution in [1.29, 1.82) is 0 Å². The molecule has 0 amide bonds. The third-order valence-electron chi connectivity index (χ3n) is 1.34. The van der Waals surface area contributed by atoms with Gasteiger partial charge in [-0.25, -0.2) is 0 Å². The molecule has 0 aromatic heterocycles. The van der Waals surface area contributed by atoms with Gasteiger partial charge in [-0.1, -0.05) is 41.5 Å². The molecular weight excluding hydrogens is 385 g/mol. The van der Waals surface area contributed by atoms with E-state index >= 15 is 0 Å². The van der Waals surface area contributed by atoms with Crippen LogP contribution in [0.3, 0.4) is 0 Å². The Morgan fingerprint density at radius 2 is 0.864 bits per heavy atom. The third kappa shape index (κ3) is 66.6. The van der Waals surface area contributed by atoms with Crippen molar-refractivity contribution in [2.75, 3.05) is 0 Å². The number of carbonyl (C=O) groups is 3. The van der Waals surface area contributed by atoms with Crippen molar-refractivity contribution in [3.05, 3.63) is 0 Å². The summed E-state index contributed by atoms with van der Waals surface area (Å²) in [6.07, 6.45) is -1.43. The smallest absolute Gasteiger partial charge is 0.652 e. The fourth-order valence-electron chi connectivity index (χ4n) is 0.834. The van der Waals surface area contributed by atoms with Crippen LogP contribution >= 0.6 is 23.2 Å². The normalized spacial score (nSPS) is 9.45. The molecule has 0 aliphatic carbocycles. The van der Waals surface area contributed by atoms with Gasteiger partial charge < -0.3 is 15.0 Å². The Kier molecular flexibility index (Phi) is 29.5. The average Bonchev–Trinajstić information content (AvgIpc) is 1.90. The minimum atomic E-state index is -2.33. The van der Waals surface area contributed by atoms with Gasteiger partial charge in [0.2, 0.25) is 10.5 Å². The van der Waals surface area contributed by atoms with Crippen LogP contribution in [0, 0.1) is 10.8 Å². The predicted molar refractivity (Wildman–Crippen MR) is 75.3 cm³/mol. The molecular formula is C13H22Cl2K2O5. The monoisotopic (exact) mass is 406 g/mol. The number of rotatable bonds is 2. The van der Waals surface area contributed by atoms with Crippen LogP contribution in [0.15, 0.2) is 0 Å². The fraction of sp³-hybridized carbons (Fsp3) is 0.769. The largest absolute Gasteiger partial charge is 1.00 e. The van der Waals surface area contributed by atoms with Crippen molar-refractivity contribution in [3.8, 4) is 0 Å². The van der Waals surface area contributed by atoms with Crippen LogP contribution < -0.4 is 113 Å². The van der Waals surface area contributed by atoms with Crippen LogP contribution in [0.4, 0.5) is 4.79 Å². The van der Waals surface area contributed by atoms with Crippen LogP contribution in [-0.4, -0.2) is 16.6 Å². The van der Waals surface area contributed by atoms with E-state index in [0.717, 1.165) is 0 Å². The standard InChI is InChI=1S/2C6H11ClO.CH2O3.2K/c2*1-6(2,3)4-5(7)8;2-1(3)4;;/h2*4H2,1-3H3;(H2,2,3,4);;/q;;;2*+1/p-2. The van der Waals surface area contributed by atoms with E-state index in [-0.39, 0.29) is 124 Å². The molecule has 0 N–H and O–H groups in total. The van der Waals surface area contributed by atoms with Gasteiger partial charge in [0, 0.05) is 12.8 Å². The minimum Gasteiger partial charge on any atom is -0.652 e. The predicted octanol–water partition coefficient (Wildman–Crippen LogP) is -4.06. The second-order valence-electron chi connectivity index (χ2n) is 6.44. The topological polar surface area (TPSA) is 97.3 Å². The Labute approximate surface area is 228 Å². The van der Waals surface area contributed by atoms with Crippen molar-refractivity contribution in [1.82, 2.24) is 0 Å². The molecule has 0 bridgehead atoms. The number of carbonyl (C=O) groups excluding carboxylic acids is 3. The summed E-state index contributed by atoms with van der Waals surface area (Å²) in [6.45, 7) is 11.9. The maximum atomic E-state index is 10.2.